The molecule has 0 amide bonds. The summed E-state index contributed by atoms with van der Waals surface area (Å²) in [4.78, 5) is 3.24. The standard InChI is InChI=1S/C17H18FNOS/c1-19(12-15-7-2-3-8-16(15)18)13-17-14(9-11-21-17)6-4-5-10-20/h2-3,7-9,11,20H,5,10,12-13H2,1H3. The second kappa shape index (κ2) is 7.94. The predicted octanol–water partition coefficient (Wildman–Crippen LogP) is 3.25. The van der Waals surface area contributed by atoms with Gasteiger partial charge in [-0.2, -0.15) is 0 Å². The monoisotopic (exact) mass is 303 g/mol. The summed E-state index contributed by atoms with van der Waals surface area (Å²) < 4.78 is 13.6. The zero-order valence-electron chi connectivity index (χ0n) is 12.0. The van der Waals surface area contributed by atoms with Gasteiger partial charge in [-0.15, -0.1) is 11.3 Å². The number of hydrogen-bond donors (Lipinski definition) is 1. The van der Waals surface area contributed by atoms with Crippen molar-refractivity contribution in [3.63, 3.8) is 0 Å². The molecule has 110 valence electrons. The maximum atomic E-state index is 13.6. The fourth-order valence-electron chi connectivity index (χ4n) is 2.01. The minimum Gasteiger partial charge on any atom is -0.395 e. The van der Waals surface area contributed by atoms with Crippen molar-refractivity contribution in [2.45, 2.75) is 19.5 Å². The van der Waals surface area contributed by atoms with Crippen LogP contribution in [0.25, 0.3) is 0 Å². The minimum absolute atomic E-state index is 0.0830. The topological polar surface area (TPSA) is 23.5 Å². The Hall–Kier alpha value is -1.67. The van der Waals surface area contributed by atoms with E-state index in [0.29, 0.717) is 18.5 Å². The third kappa shape index (κ3) is 4.68. The lowest BCUT2D eigenvalue weighted by molar-refractivity contribution is 0.305. The van der Waals surface area contributed by atoms with Gasteiger partial charge in [0.05, 0.1) is 6.61 Å². The first kappa shape index (κ1) is 15.7. The van der Waals surface area contributed by atoms with E-state index in [2.05, 4.69) is 16.7 Å². The second-order valence-electron chi connectivity index (χ2n) is 4.80. The van der Waals surface area contributed by atoms with Gasteiger partial charge in [-0.1, -0.05) is 30.0 Å². The Morgan fingerprint density at radius 1 is 1.24 bits per heavy atom. The van der Waals surface area contributed by atoms with Crippen LogP contribution in [0.1, 0.15) is 22.4 Å². The largest absolute Gasteiger partial charge is 0.395 e. The van der Waals surface area contributed by atoms with Gasteiger partial charge in [0.25, 0.3) is 0 Å². The average Bonchev–Trinajstić information content (AvgIpc) is 2.89. The molecule has 0 saturated carbocycles. The van der Waals surface area contributed by atoms with Gasteiger partial charge in [-0.25, -0.2) is 4.39 Å². The number of aliphatic hydroxyl groups excluding tert-OH is 1. The van der Waals surface area contributed by atoms with Crippen LogP contribution >= 0.6 is 11.3 Å². The summed E-state index contributed by atoms with van der Waals surface area (Å²) in [7, 11) is 1.97. The van der Waals surface area contributed by atoms with Crippen molar-refractivity contribution in [3.05, 3.63) is 57.5 Å². The lowest BCUT2D eigenvalue weighted by Gasteiger charge is -2.16. The Morgan fingerprint density at radius 3 is 2.81 bits per heavy atom. The molecular weight excluding hydrogens is 285 g/mol. The third-order valence-corrected chi connectivity index (χ3v) is 3.92. The third-order valence-electron chi connectivity index (χ3n) is 3.02. The fraction of sp³-hybridized carbons (Fsp3) is 0.294. The molecule has 0 saturated heterocycles. The van der Waals surface area contributed by atoms with Gasteiger partial charge in [-0.05, 0) is 24.6 Å². The number of aliphatic hydroxyl groups is 1. The van der Waals surface area contributed by atoms with Crippen molar-refractivity contribution in [3.8, 4) is 11.8 Å². The Kier molecular flexibility index (Phi) is 5.94. The van der Waals surface area contributed by atoms with Crippen LogP contribution in [0.5, 0.6) is 0 Å². The van der Waals surface area contributed by atoms with Gasteiger partial charge in [0.1, 0.15) is 5.82 Å². The van der Waals surface area contributed by atoms with Crippen LogP contribution in [0.2, 0.25) is 0 Å². The van der Waals surface area contributed by atoms with E-state index in [4.69, 9.17) is 5.11 Å². The van der Waals surface area contributed by atoms with E-state index in [-0.39, 0.29) is 12.4 Å². The number of hydrogen-bond acceptors (Lipinski definition) is 3. The maximum absolute atomic E-state index is 13.6. The van der Waals surface area contributed by atoms with Crippen LogP contribution in [0, 0.1) is 17.7 Å². The highest BCUT2D eigenvalue weighted by Gasteiger charge is 2.08. The van der Waals surface area contributed by atoms with E-state index in [1.54, 1.807) is 17.4 Å². The molecule has 1 aromatic heterocycles. The fourth-order valence-corrected chi connectivity index (χ4v) is 2.92. The Labute approximate surface area is 128 Å². The smallest absolute Gasteiger partial charge is 0.127 e. The molecule has 0 aliphatic carbocycles. The summed E-state index contributed by atoms with van der Waals surface area (Å²) in [6.07, 6.45) is 0.486. The molecule has 2 rings (SSSR count). The summed E-state index contributed by atoms with van der Waals surface area (Å²) in [5, 5.41) is 10.8. The lowest BCUT2D eigenvalue weighted by atomic mass is 10.2. The highest BCUT2D eigenvalue weighted by atomic mass is 32.1. The average molecular weight is 303 g/mol. The first-order valence-corrected chi connectivity index (χ1v) is 7.66. The van der Waals surface area contributed by atoms with E-state index in [9.17, 15) is 4.39 Å². The molecule has 0 atom stereocenters. The number of thiophene rings is 1. The highest BCUT2D eigenvalue weighted by Crippen LogP contribution is 2.19. The Balaban J connectivity index is 2.01. The van der Waals surface area contributed by atoms with Gasteiger partial charge in [0, 0.05) is 35.5 Å². The molecule has 4 heteroatoms. The number of benzene rings is 1. The van der Waals surface area contributed by atoms with Crippen molar-refractivity contribution in [2.75, 3.05) is 13.7 Å². The zero-order chi connectivity index (χ0) is 15.1. The molecule has 1 heterocycles. The quantitative estimate of drug-likeness (QED) is 0.857. The molecule has 1 N–H and O–H groups in total. The first-order valence-electron chi connectivity index (χ1n) is 6.78. The first-order chi connectivity index (χ1) is 10.2. The van der Waals surface area contributed by atoms with E-state index in [0.717, 1.165) is 12.1 Å². The van der Waals surface area contributed by atoms with Crippen molar-refractivity contribution in [1.82, 2.24) is 4.90 Å². The van der Waals surface area contributed by atoms with E-state index < -0.39 is 0 Å². The van der Waals surface area contributed by atoms with Crippen LogP contribution in [-0.4, -0.2) is 23.7 Å². The van der Waals surface area contributed by atoms with Crippen LogP contribution < -0.4 is 0 Å². The van der Waals surface area contributed by atoms with Crippen LogP contribution in [0.15, 0.2) is 35.7 Å². The molecule has 0 fully saturated rings. The highest BCUT2D eigenvalue weighted by molar-refractivity contribution is 7.10. The van der Waals surface area contributed by atoms with Crippen LogP contribution in [0.3, 0.4) is 0 Å². The predicted molar refractivity (Wildman–Crippen MR) is 84.5 cm³/mol. The molecule has 0 spiro atoms. The number of rotatable bonds is 5. The van der Waals surface area contributed by atoms with E-state index in [1.165, 1.54) is 10.9 Å². The van der Waals surface area contributed by atoms with Crippen molar-refractivity contribution < 1.29 is 9.50 Å². The molecule has 21 heavy (non-hydrogen) atoms. The molecule has 0 aliphatic rings. The van der Waals surface area contributed by atoms with Crippen LogP contribution in [-0.2, 0) is 13.1 Å². The van der Waals surface area contributed by atoms with Gasteiger partial charge < -0.3 is 5.11 Å². The summed E-state index contributed by atoms with van der Waals surface area (Å²) in [5.41, 5.74) is 1.69. The molecule has 0 unspecified atom stereocenters. The zero-order valence-corrected chi connectivity index (χ0v) is 12.8. The number of nitrogens with zero attached hydrogens (tertiary/aromatic N) is 1. The Bertz CT molecular complexity index is 641. The summed E-state index contributed by atoms with van der Waals surface area (Å²) in [5.74, 6) is 5.84. The van der Waals surface area contributed by atoms with Gasteiger partial charge in [-0.3, -0.25) is 4.90 Å². The number of halogens is 1. The van der Waals surface area contributed by atoms with Crippen molar-refractivity contribution >= 4 is 11.3 Å². The van der Waals surface area contributed by atoms with E-state index >= 15 is 0 Å². The lowest BCUT2D eigenvalue weighted by Crippen LogP contribution is -2.17. The van der Waals surface area contributed by atoms with Crippen molar-refractivity contribution in [2.24, 2.45) is 0 Å². The second-order valence-corrected chi connectivity index (χ2v) is 5.80. The summed E-state index contributed by atoms with van der Waals surface area (Å²) in [6, 6.07) is 8.83. The molecule has 0 radical (unpaired) electrons. The van der Waals surface area contributed by atoms with E-state index in [1.807, 2.05) is 30.6 Å². The normalized spacial score (nSPS) is 10.5. The van der Waals surface area contributed by atoms with Gasteiger partial charge in [0.2, 0.25) is 0 Å². The van der Waals surface area contributed by atoms with Crippen molar-refractivity contribution in [1.29, 1.82) is 0 Å². The molecule has 0 aliphatic heterocycles. The summed E-state index contributed by atoms with van der Waals surface area (Å²) in [6.45, 7) is 1.38. The molecular formula is C17H18FNOS. The Morgan fingerprint density at radius 2 is 2.05 bits per heavy atom. The SMILES string of the molecule is CN(Cc1ccccc1F)Cc1sccc1C#CCCO. The van der Waals surface area contributed by atoms with Gasteiger partial charge >= 0.3 is 0 Å². The summed E-state index contributed by atoms with van der Waals surface area (Å²) >= 11 is 1.65. The van der Waals surface area contributed by atoms with Crippen LogP contribution in [0.4, 0.5) is 4.39 Å². The molecule has 1 aromatic carbocycles. The molecule has 2 nitrogen and oxygen atoms in total. The minimum atomic E-state index is -0.168. The maximum Gasteiger partial charge on any atom is 0.127 e. The van der Waals surface area contributed by atoms with Gasteiger partial charge in [0.15, 0.2) is 0 Å². The molecule has 2 aromatic rings. The molecule has 0 bridgehead atoms.